The Hall–Kier alpha value is 0.234. The number of aliphatic hydroxyl groups excluding tert-OH is 2. The fraction of sp³-hybridized carbons (Fsp3) is 0. The van der Waals surface area contributed by atoms with Crippen LogP contribution in [0, 0.1) is 0 Å². The molecule has 0 bridgehead atoms. The third-order valence-electron chi connectivity index (χ3n) is 0. The maximum absolute atomic E-state index is 8.24. The van der Waals surface area contributed by atoms with Crippen molar-refractivity contribution >= 4 is 12.9 Å². The smallest absolute Gasteiger partial charge is 1.00 e. The van der Waals surface area contributed by atoms with Gasteiger partial charge in [0.1, 0.15) is 0 Å². The molecule has 0 radical (unpaired) electrons. The van der Waals surface area contributed by atoms with Crippen LogP contribution in [-0.4, -0.2) is 23.2 Å². The molecule has 0 saturated heterocycles. The van der Waals surface area contributed by atoms with E-state index in [-0.39, 0.29) is 46.5 Å². The Morgan fingerprint density at radius 3 is 0.889 bits per heavy atom. The van der Waals surface area contributed by atoms with Crippen LogP contribution < -0.4 is 24.8 Å². The summed E-state index contributed by atoms with van der Waals surface area (Å²) in [6.07, 6.45) is 0. The third kappa shape index (κ3) is 5830. The van der Waals surface area contributed by atoms with Crippen molar-refractivity contribution in [3.8, 4) is 0 Å². The van der Waals surface area contributed by atoms with Gasteiger partial charge in [0.25, 0.3) is 0 Å². The second kappa shape index (κ2) is 86.3. The van der Waals surface area contributed by atoms with E-state index >= 15 is 0 Å². The average molecular weight is 209 g/mol. The molecule has 0 aliphatic carbocycles. The van der Waals surface area contributed by atoms with E-state index in [1.807, 2.05) is 0 Å². The average Bonchev–Trinajstić information content (AvgIpc) is 1.39. The van der Waals surface area contributed by atoms with Crippen molar-refractivity contribution in [3.05, 3.63) is 0 Å². The second-order valence-corrected chi connectivity index (χ2v) is 0.183. The monoisotopic (exact) mass is 208 g/mol. The Bertz CT molecular complexity index is 37.5. The van der Waals surface area contributed by atoms with Gasteiger partial charge in [-0.25, -0.2) is 0 Å². The Labute approximate surface area is 79.3 Å². The zero-order valence-corrected chi connectivity index (χ0v) is 7.04. The van der Waals surface area contributed by atoms with Crippen LogP contribution in [0.25, 0.3) is 0 Å². The van der Waals surface area contributed by atoms with E-state index in [0.29, 0.717) is 12.9 Å². The first-order chi connectivity index (χ1) is 2.83. The van der Waals surface area contributed by atoms with Gasteiger partial charge in [-0.3, -0.25) is 0 Å². The van der Waals surface area contributed by atoms with Crippen molar-refractivity contribution in [2.45, 2.75) is 0 Å². The number of halogens is 2. The molecule has 0 aliphatic rings. The van der Waals surface area contributed by atoms with Crippen LogP contribution >= 0.6 is 0 Å². The predicted octanol–water partition coefficient (Wildman–Crippen LogP) is -6.77. The summed E-state index contributed by atoms with van der Waals surface area (Å²) >= 11 is 0. The maximum atomic E-state index is 8.24. The fourth-order valence-electron chi connectivity index (χ4n) is 0. The Balaban J connectivity index is -0.00000000889. The molecule has 0 aromatic rings. The first kappa shape index (κ1) is 34.9. The molecule has 2 N–H and O–H groups in total. The van der Waals surface area contributed by atoms with E-state index in [2.05, 4.69) is 0 Å². The van der Waals surface area contributed by atoms with E-state index in [9.17, 15) is 0 Å². The zero-order chi connectivity index (χ0) is 5.41. The summed E-state index contributed by atoms with van der Waals surface area (Å²) < 4.78 is 0. The second-order valence-electron chi connectivity index (χ2n) is 0.183. The summed E-state index contributed by atoms with van der Waals surface area (Å²) in [6.45, 7) is 1.00. The predicted molar refractivity (Wildman–Crippen MR) is 16.6 cm³/mol. The molecule has 0 aromatic heterocycles. The number of hydrogen-bond acceptors (Lipinski definition) is 2. The molecule has 9 heavy (non-hydrogen) atoms. The minimum atomic E-state index is 0. The minimum Gasteiger partial charge on any atom is -1.00 e. The topological polar surface area (TPSA) is 74.6 Å². The molecule has 0 aromatic carbocycles. The van der Waals surface area contributed by atoms with Gasteiger partial charge in [0, 0.05) is 0 Å². The molecular formula is C2H2Cl2O4Ti. The molecule has 0 amide bonds. The molecule has 52 valence electrons. The molecular weight excluding hydrogens is 207 g/mol. The standard InChI is InChI=1S/2CHO2.2ClH.Ti/c2*2-1-3;;;/h2*(H,2,3);2*1H;/q2*-1;;;+4/p-2. The van der Waals surface area contributed by atoms with Gasteiger partial charge in [-0.2, -0.15) is 0 Å². The van der Waals surface area contributed by atoms with Crippen LogP contribution in [0.4, 0.5) is 0 Å². The normalized spacial score (nSPS) is 2.67. The van der Waals surface area contributed by atoms with Gasteiger partial charge >= 0.3 is 21.7 Å². The molecule has 7 heteroatoms. The Kier molecular flexibility index (Phi) is 335. The SMILES string of the molecule is O=[C-]O.O=[C-]O.[Cl-].[Cl-].[Ti+4]. The van der Waals surface area contributed by atoms with E-state index in [0.717, 1.165) is 0 Å². The first-order valence-corrected chi connectivity index (χ1v) is 0.855. The summed E-state index contributed by atoms with van der Waals surface area (Å²) in [7, 11) is 0. The van der Waals surface area contributed by atoms with Crippen LogP contribution in [-0.2, 0) is 31.3 Å². The summed E-state index contributed by atoms with van der Waals surface area (Å²) in [6, 6.07) is 0. The molecule has 0 aliphatic heterocycles. The molecule has 0 saturated carbocycles. The zero-order valence-electron chi connectivity index (χ0n) is 3.97. The molecule has 0 unspecified atom stereocenters. The van der Waals surface area contributed by atoms with Gasteiger partial charge in [-0.05, 0) is 0 Å². The molecule has 0 fully saturated rings. The van der Waals surface area contributed by atoms with E-state index < -0.39 is 0 Å². The van der Waals surface area contributed by atoms with Gasteiger partial charge in [0.15, 0.2) is 0 Å². The Morgan fingerprint density at radius 1 is 0.889 bits per heavy atom. The summed E-state index contributed by atoms with van der Waals surface area (Å²) in [4.78, 5) is 16.5. The van der Waals surface area contributed by atoms with Crippen LogP contribution in [0.3, 0.4) is 0 Å². The summed E-state index contributed by atoms with van der Waals surface area (Å²) in [5.41, 5.74) is 0. The number of rotatable bonds is 0. The number of hydrogen-bond donors (Lipinski definition) is 2. The summed E-state index contributed by atoms with van der Waals surface area (Å²) in [5.74, 6) is 0. The molecule has 0 heterocycles. The third-order valence-corrected chi connectivity index (χ3v) is 0. The minimum absolute atomic E-state index is 0. The maximum Gasteiger partial charge on any atom is 4.00 e. The van der Waals surface area contributed by atoms with E-state index in [1.165, 1.54) is 0 Å². The van der Waals surface area contributed by atoms with Crippen molar-refractivity contribution in [2.24, 2.45) is 0 Å². The van der Waals surface area contributed by atoms with Crippen molar-refractivity contribution in [1.29, 1.82) is 0 Å². The van der Waals surface area contributed by atoms with Crippen molar-refractivity contribution < 1.29 is 66.3 Å². The van der Waals surface area contributed by atoms with E-state index in [1.54, 1.807) is 0 Å². The van der Waals surface area contributed by atoms with E-state index in [4.69, 9.17) is 19.8 Å². The first-order valence-electron chi connectivity index (χ1n) is 0.855. The van der Waals surface area contributed by atoms with Crippen molar-refractivity contribution in [2.75, 3.05) is 0 Å². The van der Waals surface area contributed by atoms with Gasteiger partial charge in [0.2, 0.25) is 0 Å². The molecule has 4 nitrogen and oxygen atoms in total. The van der Waals surface area contributed by atoms with Gasteiger partial charge in [-0.1, -0.05) is 12.9 Å². The molecule has 0 atom stereocenters. The Morgan fingerprint density at radius 2 is 0.889 bits per heavy atom. The van der Waals surface area contributed by atoms with Crippen LogP contribution in [0.1, 0.15) is 0 Å². The van der Waals surface area contributed by atoms with Crippen LogP contribution in [0.5, 0.6) is 0 Å². The largest absolute Gasteiger partial charge is 4.00 e. The van der Waals surface area contributed by atoms with Gasteiger partial charge < -0.3 is 44.6 Å². The van der Waals surface area contributed by atoms with Crippen molar-refractivity contribution in [3.63, 3.8) is 0 Å². The molecule has 0 spiro atoms. The van der Waals surface area contributed by atoms with Gasteiger partial charge in [-0.15, -0.1) is 0 Å². The molecule has 0 rings (SSSR count). The summed E-state index contributed by atoms with van der Waals surface area (Å²) in [5, 5.41) is 13.5. The van der Waals surface area contributed by atoms with Crippen LogP contribution in [0.2, 0.25) is 0 Å². The van der Waals surface area contributed by atoms with Crippen molar-refractivity contribution in [1.82, 2.24) is 0 Å². The van der Waals surface area contributed by atoms with Gasteiger partial charge in [0.05, 0.1) is 0 Å². The fourth-order valence-corrected chi connectivity index (χ4v) is 0. The van der Waals surface area contributed by atoms with Crippen LogP contribution in [0.15, 0.2) is 0 Å². The quantitative estimate of drug-likeness (QED) is 0.307.